The van der Waals surface area contributed by atoms with E-state index in [9.17, 15) is 9.59 Å². The third-order valence-electron chi connectivity index (χ3n) is 6.68. The minimum atomic E-state index is -0.000109. The lowest BCUT2D eigenvalue weighted by atomic mass is 9.89. The van der Waals surface area contributed by atoms with Gasteiger partial charge in [0, 0.05) is 37.8 Å². The second-order valence-corrected chi connectivity index (χ2v) is 10.2. The van der Waals surface area contributed by atoms with Crippen molar-refractivity contribution in [2.75, 3.05) is 13.1 Å². The van der Waals surface area contributed by atoms with E-state index in [2.05, 4.69) is 12.1 Å². The molecule has 4 heterocycles. The molecule has 0 atom stereocenters. The maximum absolute atomic E-state index is 13.5. The number of likely N-dealkylation sites (tertiary alicyclic amines) is 1. The fraction of sp³-hybridized carbons (Fsp3) is 0.346. The molecule has 3 aromatic rings. The molecule has 0 saturated carbocycles. The molecule has 2 amide bonds. The Balaban J connectivity index is 1.32. The monoisotopic (exact) mass is 479 g/mol. The second-order valence-electron chi connectivity index (χ2n) is 8.94. The molecular formula is C26H26ClN3O2S. The van der Waals surface area contributed by atoms with Crippen molar-refractivity contribution in [3.63, 3.8) is 0 Å². The summed E-state index contributed by atoms with van der Waals surface area (Å²) in [4.78, 5) is 35.7. The quantitative estimate of drug-likeness (QED) is 0.492. The standard InChI is InChI=1S/C26H26ClN3O2S/c1-16-15-33-24(22(16)27)26(32)29-11-9-18(10-12-29)23-21(8-7-17(2)28-23)25(31)30-13-19-5-3-4-6-20(19)14-30/h3-8,15,18H,9-14H2,1-2H3. The van der Waals surface area contributed by atoms with Crippen LogP contribution in [0.1, 0.15) is 66.9 Å². The van der Waals surface area contributed by atoms with Gasteiger partial charge in [0.25, 0.3) is 11.8 Å². The van der Waals surface area contributed by atoms with Gasteiger partial charge in [0.2, 0.25) is 0 Å². The number of piperidine rings is 1. The molecule has 5 nitrogen and oxygen atoms in total. The number of benzene rings is 1. The summed E-state index contributed by atoms with van der Waals surface area (Å²) in [6, 6.07) is 12.1. The molecule has 7 heteroatoms. The first-order valence-electron chi connectivity index (χ1n) is 11.3. The number of hydrogen-bond donors (Lipinski definition) is 0. The smallest absolute Gasteiger partial charge is 0.265 e. The zero-order valence-electron chi connectivity index (χ0n) is 18.8. The molecule has 2 aliphatic rings. The number of pyridine rings is 1. The number of amides is 2. The van der Waals surface area contributed by atoms with E-state index in [1.165, 1.54) is 22.5 Å². The highest BCUT2D eigenvalue weighted by Crippen LogP contribution is 2.34. The van der Waals surface area contributed by atoms with E-state index in [0.29, 0.717) is 41.6 Å². The van der Waals surface area contributed by atoms with Crippen LogP contribution in [0, 0.1) is 13.8 Å². The molecule has 33 heavy (non-hydrogen) atoms. The fourth-order valence-corrected chi connectivity index (χ4v) is 6.03. The van der Waals surface area contributed by atoms with Gasteiger partial charge in [-0.1, -0.05) is 35.9 Å². The average molecular weight is 480 g/mol. The summed E-state index contributed by atoms with van der Waals surface area (Å²) in [5, 5.41) is 2.49. The number of rotatable bonds is 3. The predicted molar refractivity (Wildman–Crippen MR) is 131 cm³/mol. The molecule has 170 valence electrons. The van der Waals surface area contributed by atoms with Gasteiger partial charge in [-0.3, -0.25) is 14.6 Å². The molecule has 2 aromatic heterocycles. The van der Waals surface area contributed by atoms with Crippen LogP contribution >= 0.6 is 22.9 Å². The maximum atomic E-state index is 13.5. The van der Waals surface area contributed by atoms with Crippen molar-refractivity contribution in [2.45, 2.75) is 45.7 Å². The van der Waals surface area contributed by atoms with E-state index in [-0.39, 0.29) is 17.7 Å². The lowest BCUT2D eigenvalue weighted by molar-refractivity contribution is 0.0707. The summed E-state index contributed by atoms with van der Waals surface area (Å²) in [5.41, 5.74) is 5.83. The molecule has 1 saturated heterocycles. The van der Waals surface area contributed by atoms with E-state index >= 15 is 0 Å². The lowest BCUT2D eigenvalue weighted by Gasteiger charge is -2.32. The van der Waals surface area contributed by atoms with E-state index in [4.69, 9.17) is 16.6 Å². The Kier molecular flexibility index (Phi) is 5.97. The second kappa shape index (κ2) is 8.92. The van der Waals surface area contributed by atoms with E-state index in [1.54, 1.807) is 0 Å². The van der Waals surface area contributed by atoms with E-state index in [0.717, 1.165) is 29.8 Å². The molecule has 0 spiro atoms. The van der Waals surface area contributed by atoms with Gasteiger partial charge in [-0.2, -0.15) is 0 Å². The van der Waals surface area contributed by atoms with Gasteiger partial charge in [-0.05, 0) is 60.9 Å². The van der Waals surface area contributed by atoms with Crippen molar-refractivity contribution in [1.29, 1.82) is 0 Å². The number of halogens is 1. The average Bonchev–Trinajstić information content (AvgIpc) is 3.41. The largest absolute Gasteiger partial charge is 0.338 e. The van der Waals surface area contributed by atoms with Crippen molar-refractivity contribution < 1.29 is 9.59 Å². The van der Waals surface area contributed by atoms with Crippen molar-refractivity contribution >= 4 is 34.8 Å². The van der Waals surface area contributed by atoms with Crippen LogP contribution in [-0.2, 0) is 13.1 Å². The van der Waals surface area contributed by atoms with Gasteiger partial charge in [0.1, 0.15) is 4.88 Å². The Labute approximate surface area is 203 Å². The Morgan fingerprint density at radius 2 is 1.64 bits per heavy atom. The van der Waals surface area contributed by atoms with Crippen LogP contribution in [0.25, 0.3) is 0 Å². The van der Waals surface area contributed by atoms with E-state index in [1.807, 2.05) is 53.3 Å². The summed E-state index contributed by atoms with van der Waals surface area (Å²) < 4.78 is 0. The van der Waals surface area contributed by atoms with Crippen LogP contribution in [0.2, 0.25) is 5.02 Å². The Hall–Kier alpha value is -2.70. The van der Waals surface area contributed by atoms with Gasteiger partial charge < -0.3 is 9.80 Å². The zero-order chi connectivity index (χ0) is 23.1. The first-order valence-corrected chi connectivity index (χ1v) is 12.5. The van der Waals surface area contributed by atoms with Crippen molar-refractivity contribution in [3.8, 4) is 0 Å². The summed E-state index contributed by atoms with van der Waals surface area (Å²) in [6.45, 7) is 6.42. The number of fused-ring (bicyclic) bond motifs is 1. The van der Waals surface area contributed by atoms with Gasteiger partial charge in [0.05, 0.1) is 16.3 Å². The molecule has 2 aliphatic heterocycles. The van der Waals surface area contributed by atoms with Crippen molar-refractivity contribution in [3.05, 3.63) is 85.3 Å². The van der Waals surface area contributed by atoms with Crippen LogP contribution in [-0.4, -0.2) is 39.7 Å². The molecule has 1 aromatic carbocycles. The third-order valence-corrected chi connectivity index (χ3v) is 8.37. The Morgan fingerprint density at radius 3 is 2.24 bits per heavy atom. The van der Waals surface area contributed by atoms with Crippen LogP contribution in [0.4, 0.5) is 0 Å². The van der Waals surface area contributed by atoms with Crippen LogP contribution < -0.4 is 0 Å². The van der Waals surface area contributed by atoms with E-state index < -0.39 is 0 Å². The third kappa shape index (κ3) is 4.18. The molecule has 1 fully saturated rings. The molecule has 0 N–H and O–H groups in total. The van der Waals surface area contributed by atoms with Gasteiger partial charge >= 0.3 is 0 Å². The molecule has 0 unspecified atom stereocenters. The van der Waals surface area contributed by atoms with Gasteiger partial charge in [-0.15, -0.1) is 11.3 Å². The number of nitrogens with zero attached hydrogens (tertiary/aromatic N) is 3. The molecular weight excluding hydrogens is 454 g/mol. The highest BCUT2D eigenvalue weighted by molar-refractivity contribution is 7.13. The van der Waals surface area contributed by atoms with Crippen LogP contribution in [0.15, 0.2) is 41.8 Å². The highest BCUT2D eigenvalue weighted by atomic mass is 35.5. The Bertz CT molecular complexity index is 1210. The number of aryl methyl sites for hydroxylation is 2. The summed E-state index contributed by atoms with van der Waals surface area (Å²) in [7, 11) is 0. The number of carbonyl (C=O) groups is 2. The number of hydrogen-bond acceptors (Lipinski definition) is 4. The number of thiophene rings is 1. The first kappa shape index (κ1) is 22.1. The number of aromatic nitrogens is 1. The molecule has 5 rings (SSSR count). The summed E-state index contributed by atoms with van der Waals surface area (Å²) in [5.74, 6) is 0.186. The van der Waals surface area contributed by atoms with Gasteiger partial charge in [0.15, 0.2) is 0 Å². The summed E-state index contributed by atoms with van der Waals surface area (Å²) in [6.07, 6.45) is 1.56. The fourth-order valence-electron chi connectivity index (χ4n) is 4.79. The topological polar surface area (TPSA) is 53.5 Å². The minimum Gasteiger partial charge on any atom is -0.338 e. The summed E-state index contributed by atoms with van der Waals surface area (Å²) >= 11 is 7.73. The van der Waals surface area contributed by atoms with Crippen molar-refractivity contribution in [1.82, 2.24) is 14.8 Å². The number of carbonyl (C=O) groups excluding carboxylic acids is 2. The first-order chi connectivity index (χ1) is 15.9. The lowest BCUT2D eigenvalue weighted by Crippen LogP contribution is -2.38. The molecule has 0 aliphatic carbocycles. The van der Waals surface area contributed by atoms with Crippen LogP contribution in [0.3, 0.4) is 0 Å². The minimum absolute atomic E-state index is 0.000109. The van der Waals surface area contributed by atoms with Gasteiger partial charge in [-0.25, -0.2) is 0 Å². The maximum Gasteiger partial charge on any atom is 0.265 e. The predicted octanol–water partition coefficient (Wildman–Crippen LogP) is 5.59. The van der Waals surface area contributed by atoms with Crippen LogP contribution in [0.5, 0.6) is 0 Å². The Morgan fingerprint density at radius 1 is 0.970 bits per heavy atom. The zero-order valence-corrected chi connectivity index (χ0v) is 20.4. The SMILES string of the molecule is Cc1ccc(C(=O)N2Cc3ccccc3C2)c(C2CCN(C(=O)c3scc(C)c3Cl)CC2)n1. The molecule has 0 radical (unpaired) electrons. The highest BCUT2D eigenvalue weighted by Gasteiger charge is 2.32. The van der Waals surface area contributed by atoms with Crippen molar-refractivity contribution in [2.24, 2.45) is 0 Å². The normalized spacial score (nSPS) is 16.2. The molecule has 0 bridgehead atoms.